The highest BCUT2D eigenvalue weighted by Gasteiger charge is 2.17. The number of carbonyl (C=O) groups excluding carboxylic acids is 1. The zero-order chi connectivity index (χ0) is 5.98. The molecule has 4 nitrogen and oxygen atoms in total. The average Bonchev–Trinajstić information content (AvgIpc) is 2.14. The predicted molar refractivity (Wildman–Crippen MR) is 27.4 cm³/mol. The first kappa shape index (κ1) is 5.37. The van der Waals surface area contributed by atoms with E-state index in [0.29, 0.717) is 6.54 Å². The second-order valence-electron chi connectivity index (χ2n) is 1.73. The van der Waals surface area contributed by atoms with E-state index in [4.69, 9.17) is 5.11 Å². The lowest BCUT2D eigenvalue weighted by atomic mass is 10.3. The number of urea groups is 1. The second kappa shape index (κ2) is 2.00. The Bertz CT molecular complexity index is 104. The van der Waals surface area contributed by atoms with Gasteiger partial charge in [-0.3, -0.25) is 0 Å². The van der Waals surface area contributed by atoms with Crippen LogP contribution in [0.1, 0.15) is 0 Å². The minimum Gasteiger partial charge on any atom is -0.394 e. The van der Waals surface area contributed by atoms with Crippen molar-refractivity contribution in [2.75, 3.05) is 13.2 Å². The van der Waals surface area contributed by atoms with E-state index in [2.05, 4.69) is 10.6 Å². The van der Waals surface area contributed by atoms with E-state index in [0.717, 1.165) is 0 Å². The molecule has 0 aromatic heterocycles. The number of aliphatic hydroxyl groups is 1. The number of hydrogen-bond donors (Lipinski definition) is 3. The number of hydrogen-bond acceptors (Lipinski definition) is 2. The van der Waals surface area contributed by atoms with Crippen LogP contribution in [0.15, 0.2) is 0 Å². The maximum absolute atomic E-state index is 10.3. The topological polar surface area (TPSA) is 61.4 Å². The third kappa shape index (κ3) is 0.894. The smallest absolute Gasteiger partial charge is 0.315 e. The summed E-state index contributed by atoms with van der Waals surface area (Å²) < 4.78 is 0. The standard InChI is InChI=1S/C4H8N2O2/c7-2-3-1-5-4(8)6-3/h3,7H,1-2H2,(H2,5,6,8)/t3-/m0/s1. The predicted octanol–water partition coefficient (Wildman–Crippen LogP) is -1.34. The maximum atomic E-state index is 10.3. The monoisotopic (exact) mass is 116 g/mol. The molecule has 4 heteroatoms. The van der Waals surface area contributed by atoms with Gasteiger partial charge in [0.1, 0.15) is 0 Å². The zero-order valence-corrected chi connectivity index (χ0v) is 4.35. The number of carbonyl (C=O) groups is 1. The van der Waals surface area contributed by atoms with Crippen molar-refractivity contribution in [2.24, 2.45) is 0 Å². The van der Waals surface area contributed by atoms with E-state index in [1.807, 2.05) is 0 Å². The SMILES string of the molecule is O=C1NC[C@@H](CO)N1. The molecule has 1 saturated heterocycles. The molecule has 3 N–H and O–H groups in total. The summed E-state index contributed by atoms with van der Waals surface area (Å²) >= 11 is 0. The van der Waals surface area contributed by atoms with Gasteiger partial charge in [-0.15, -0.1) is 0 Å². The summed E-state index contributed by atoms with van der Waals surface area (Å²) in [5.74, 6) is 0. The minimum atomic E-state index is -0.191. The summed E-state index contributed by atoms with van der Waals surface area (Å²) in [5, 5.41) is 13.4. The van der Waals surface area contributed by atoms with Gasteiger partial charge in [-0.2, -0.15) is 0 Å². The first-order valence-corrected chi connectivity index (χ1v) is 2.48. The maximum Gasteiger partial charge on any atom is 0.315 e. The molecular weight excluding hydrogens is 108 g/mol. The van der Waals surface area contributed by atoms with Crippen LogP contribution in [0.25, 0.3) is 0 Å². The summed E-state index contributed by atoms with van der Waals surface area (Å²) in [5.41, 5.74) is 0. The number of rotatable bonds is 1. The van der Waals surface area contributed by atoms with Gasteiger partial charge in [0.2, 0.25) is 0 Å². The highest BCUT2D eigenvalue weighted by Crippen LogP contribution is 1.86. The molecule has 1 aliphatic rings. The van der Waals surface area contributed by atoms with Crippen molar-refractivity contribution in [3.8, 4) is 0 Å². The van der Waals surface area contributed by atoms with Crippen LogP contribution in [0.4, 0.5) is 4.79 Å². The highest BCUT2D eigenvalue weighted by atomic mass is 16.3. The van der Waals surface area contributed by atoms with Crippen molar-refractivity contribution in [3.63, 3.8) is 0 Å². The fourth-order valence-corrected chi connectivity index (χ4v) is 0.614. The molecule has 0 bridgehead atoms. The van der Waals surface area contributed by atoms with Gasteiger partial charge in [-0.25, -0.2) is 4.79 Å². The Balaban J connectivity index is 2.32. The van der Waals surface area contributed by atoms with Crippen molar-refractivity contribution in [2.45, 2.75) is 6.04 Å². The van der Waals surface area contributed by atoms with Crippen LogP contribution in [0, 0.1) is 0 Å². The Kier molecular flexibility index (Phi) is 1.34. The van der Waals surface area contributed by atoms with Gasteiger partial charge in [-0.1, -0.05) is 0 Å². The molecule has 0 aliphatic carbocycles. The summed E-state index contributed by atoms with van der Waals surface area (Å²) in [6.07, 6.45) is 0. The Morgan fingerprint density at radius 2 is 2.62 bits per heavy atom. The minimum absolute atomic E-state index is 0.0126. The Labute approximate surface area is 46.9 Å². The molecule has 8 heavy (non-hydrogen) atoms. The van der Waals surface area contributed by atoms with Crippen molar-refractivity contribution in [3.05, 3.63) is 0 Å². The van der Waals surface area contributed by atoms with Crippen LogP contribution >= 0.6 is 0 Å². The summed E-state index contributed by atoms with van der Waals surface area (Å²) in [7, 11) is 0. The number of nitrogens with one attached hydrogen (secondary N) is 2. The lowest BCUT2D eigenvalue weighted by Gasteiger charge is -1.99. The zero-order valence-electron chi connectivity index (χ0n) is 4.35. The van der Waals surface area contributed by atoms with Crippen LogP contribution in [0.2, 0.25) is 0 Å². The van der Waals surface area contributed by atoms with Gasteiger partial charge >= 0.3 is 6.03 Å². The Morgan fingerprint density at radius 1 is 1.88 bits per heavy atom. The third-order valence-corrected chi connectivity index (χ3v) is 1.06. The molecule has 0 radical (unpaired) electrons. The van der Waals surface area contributed by atoms with Crippen LogP contribution < -0.4 is 10.6 Å². The van der Waals surface area contributed by atoms with Crippen molar-refractivity contribution in [1.29, 1.82) is 0 Å². The quantitative estimate of drug-likeness (QED) is 0.397. The molecule has 46 valence electrons. The van der Waals surface area contributed by atoms with Gasteiger partial charge < -0.3 is 15.7 Å². The van der Waals surface area contributed by atoms with E-state index in [1.54, 1.807) is 0 Å². The molecule has 1 atom stereocenters. The first-order valence-electron chi connectivity index (χ1n) is 2.48. The van der Waals surface area contributed by atoms with E-state index in [-0.39, 0.29) is 18.7 Å². The van der Waals surface area contributed by atoms with Gasteiger partial charge in [-0.05, 0) is 0 Å². The molecule has 0 aromatic rings. The van der Waals surface area contributed by atoms with Gasteiger partial charge in [0.05, 0.1) is 12.6 Å². The average molecular weight is 116 g/mol. The fourth-order valence-electron chi connectivity index (χ4n) is 0.614. The van der Waals surface area contributed by atoms with E-state index in [9.17, 15) is 4.79 Å². The molecule has 1 fully saturated rings. The molecule has 0 saturated carbocycles. The van der Waals surface area contributed by atoms with E-state index < -0.39 is 0 Å². The van der Waals surface area contributed by atoms with Crippen molar-refractivity contribution >= 4 is 6.03 Å². The van der Waals surface area contributed by atoms with Gasteiger partial charge in [0.25, 0.3) is 0 Å². The van der Waals surface area contributed by atoms with Crippen LogP contribution in [-0.2, 0) is 0 Å². The lowest BCUT2D eigenvalue weighted by molar-refractivity contribution is 0.238. The van der Waals surface area contributed by atoms with Gasteiger partial charge in [0.15, 0.2) is 0 Å². The first-order chi connectivity index (χ1) is 3.83. The van der Waals surface area contributed by atoms with Crippen LogP contribution in [0.5, 0.6) is 0 Å². The number of aliphatic hydroxyl groups excluding tert-OH is 1. The van der Waals surface area contributed by atoms with Crippen molar-refractivity contribution < 1.29 is 9.90 Å². The summed E-state index contributed by atoms with van der Waals surface area (Å²) in [6, 6.07) is -0.272. The van der Waals surface area contributed by atoms with E-state index in [1.165, 1.54) is 0 Å². The molecule has 0 unspecified atom stereocenters. The second-order valence-corrected chi connectivity index (χ2v) is 1.73. The highest BCUT2D eigenvalue weighted by molar-refractivity contribution is 5.76. The Hall–Kier alpha value is -0.770. The molecular formula is C4H8N2O2. The molecule has 1 aliphatic heterocycles. The molecule has 0 spiro atoms. The van der Waals surface area contributed by atoms with Gasteiger partial charge in [0, 0.05) is 6.54 Å². The van der Waals surface area contributed by atoms with Crippen LogP contribution in [-0.4, -0.2) is 30.3 Å². The number of amides is 2. The summed E-state index contributed by atoms with van der Waals surface area (Å²) in [6.45, 7) is 0.550. The molecule has 1 heterocycles. The van der Waals surface area contributed by atoms with Crippen molar-refractivity contribution in [1.82, 2.24) is 10.6 Å². The largest absolute Gasteiger partial charge is 0.394 e. The normalized spacial score (nSPS) is 27.1. The summed E-state index contributed by atoms with van der Waals surface area (Å²) in [4.78, 5) is 10.3. The molecule has 0 aromatic carbocycles. The van der Waals surface area contributed by atoms with E-state index >= 15 is 0 Å². The Morgan fingerprint density at radius 3 is 2.88 bits per heavy atom. The molecule has 2 amide bonds. The van der Waals surface area contributed by atoms with Crippen LogP contribution in [0.3, 0.4) is 0 Å². The third-order valence-electron chi connectivity index (χ3n) is 1.06. The fraction of sp³-hybridized carbons (Fsp3) is 0.750. The molecule has 1 rings (SSSR count). The lowest BCUT2D eigenvalue weighted by Crippen LogP contribution is -2.29.